The van der Waals surface area contributed by atoms with Gasteiger partial charge in [-0.05, 0) is 50.6 Å². The van der Waals surface area contributed by atoms with Crippen LogP contribution in [0.3, 0.4) is 0 Å². The van der Waals surface area contributed by atoms with Crippen LogP contribution in [0.2, 0.25) is 0 Å². The summed E-state index contributed by atoms with van der Waals surface area (Å²) in [5, 5.41) is 7.68. The summed E-state index contributed by atoms with van der Waals surface area (Å²) in [7, 11) is 0. The van der Waals surface area contributed by atoms with Crippen LogP contribution in [0, 0.1) is 0 Å². The molecule has 0 radical (unpaired) electrons. The average Bonchev–Trinajstić information content (AvgIpc) is 3.03. The highest BCUT2D eigenvalue weighted by Crippen LogP contribution is 2.14. The molecule has 0 aliphatic carbocycles. The second-order valence-electron chi connectivity index (χ2n) is 5.14. The van der Waals surface area contributed by atoms with Crippen LogP contribution in [-0.4, -0.2) is 29.4 Å². The summed E-state index contributed by atoms with van der Waals surface area (Å²) >= 11 is 0. The third-order valence-electron chi connectivity index (χ3n) is 3.69. The Bertz CT molecular complexity index is 486. The van der Waals surface area contributed by atoms with Gasteiger partial charge in [-0.25, -0.2) is 0 Å². The largest absolute Gasteiger partial charge is 0.372 e. The Morgan fingerprint density at radius 2 is 1.90 bits per heavy atom. The SMILES string of the molecule is CCN(CC)c1ccc(CNCCCn2cccn2)cc1. The maximum atomic E-state index is 4.20. The molecule has 1 aromatic heterocycles. The normalized spacial score (nSPS) is 10.8. The zero-order chi connectivity index (χ0) is 14.9. The monoisotopic (exact) mass is 286 g/mol. The molecule has 1 N–H and O–H groups in total. The molecule has 0 aliphatic heterocycles. The highest BCUT2D eigenvalue weighted by atomic mass is 15.3. The van der Waals surface area contributed by atoms with E-state index in [1.807, 2.05) is 23.1 Å². The minimum Gasteiger partial charge on any atom is -0.372 e. The maximum Gasteiger partial charge on any atom is 0.0489 e. The van der Waals surface area contributed by atoms with E-state index in [9.17, 15) is 0 Å². The van der Waals surface area contributed by atoms with Gasteiger partial charge >= 0.3 is 0 Å². The molecule has 1 aromatic carbocycles. The minimum absolute atomic E-state index is 0.928. The van der Waals surface area contributed by atoms with Crippen LogP contribution in [0.15, 0.2) is 42.7 Å². The van der Waals surface area contributed by atoms with Crippen LogP contribution < -0.4 is 10.2 Å². The van der Waals surface area contributed by atoms with E-state index in [1.54, 1.807) is 0 Å². The number of anilines is 1. The van der Waals surface area contributed by atoms with Crippen molar-refractivity contribution in [3.63, 3.8) is 0 Å². The maximum absolute atomic E-state index is 4.20. The van der Waals surface area contributed by atoms with Crippen molar-refractivity contribution in [1.82, 2.24) is 15.1 Å². The molecule has 1 heterocycles. The van der Waals surface area contributed by atoms with Gasteiger partial charge in [0.1, 0.15) is 0 Å². The van der Waals surface area contributed by atoms with Crippen LogP contribution in [0.25, 0.3) is 0 Å². The second kappa shape index (κ2) is 8.47. The summed E-state index contributed by atoms with van der Waals surface area (Å²) in [4.78, 5) is 2.36. The zero-order valence-electron chi connectivity index (χ0n) is 13.1. The van der Waals surface area contributed by atoms with E-state index < -0.39 is 0 Å². The third kappa shape index (κ3) is 4.90. The Morgan fingerprint density at radius 1 is 1.14 bits per heavy atom. The lowest BCUT2D eigenvalue weighted by Crippen LogP contribution is -2.21. The van der Waals surface area contributed by atoms with Crippen molar-refractivity contribution in [2.75, 3.05) is 24.5 Å². The number of hydrogen-bond donors (Lipinski definition) is 1. The Hall–Kier alpha value is -1.81. The molecule has 21 heavy (non-hydrogen) atoms. The fraction of sp³-hybridized carbons (Fsp3) is 0.471. The van der Waals surface area contributed by atoms with Crippen molar-refractivity contribution < 1.29 is 0 Å². The lowest BCUT2D eigenvalue weighted by molar-refractivity contribution is 0.543. The van der Waals surface area contributed by atoms with Gasteiger partial charge in [0, 0.05) is 44.3 Å². The van der Waals surface area contributed by atoms with Gasteiger partial charge in [0.15, 0.2) is 0 Å². The first-order chi connectivity index (χ1) is 10.3. The minimum atomic E-state index is 0.928. The Labute approximate surface area is 127 Å². The topological polar surface area (TPSA) is 33.1 Å². The first-order valence-corrected chi connectivity index (χ1v) is 7.85. The summed E-state index contributed by atoms with van der Waals surface area (Å²) in [6.07, 6.45) is 4.93. The predicted octanol–water partition coefficient (Wildman–Crippen LogP) is 2.91. The molecule has 2 aromatic rings. The molecule has 0 amide bonds. The summed E-state index contributed by atoms with van der Waals surface area (Å²) in [5.41, 5.74) is 2.65. The molecule has 0 atom stereocenters. The van der Waals surface area contributed by atoms with Crippen molar-refractivity contribution in [3.05, 3.63) is 48.3 Å². The molecule has 0 fully saturated rings. The molecule has 0 saturated heterocycles. The smallest absolute Gasteiger partial charge is 0.0489 e. The van der Waals surface area contributed by atoms with Crippen molar-refractivity contribution >= 4 is 5.69 Å². The Balaban J connectivity index is 1.68. The molecule has 0 bridgehead atoms. The van der Waals surface area contributed by atoms with E-state index in [0.717, 1.165) is 39.1 Å². The highest BCUT2D eigenvalue weighted by molar-refractivity contribution is 5.47. The van der Waals surface area contributed by atoms with Crippen LogP contribution in [0.4, 0.5) is 5.69 Å². The molecular formula is C17H26N4. The van der Waals surface area contributed by atoms with E-state index in [-0.39, 0.29) is 0 Å². The lowest BCUT2D eigenvalue weighted by atomic mass is 10.2. The van der Waals surface area contributed by atoms with E-state index in [1.165, 1.54) is 11.3 Å². The number of rotatable bonds is 9. The predicted molar refractivity (Wildman–Crippen MR) is 88.6 cm³/mol. The highest BCUT2D eigenvalue weighted by Gasteiger charge is 2.01. The molecule has 114 valence electrons. The van der Waals surface area contributed by atoms with Gasteiger partial charge in [-0.2, -0.15) is 5.10 Å². The molecule has 0 unspecified atom stereocenters. The number of aryl methyl sites for hydroxylation is 1. The summed E-state index contributed by atoms with van der Waals surface area (Å²) < 4.78 is 1.97. The van der Waals surface area contributed by atoms with Gasteiger partial charge in [-0.3, -0.25) is 4.68 Å². The van der Waals surface area contributed by atoms with Crippen LogP contribution in [0.1, 0.15) is 25.8 Å². The van der Waals surface area contributed by atoms with Crippen LogP contribution in [0.5, 0.6) is 0 Å². The number of aromatic nitrogens is 2. The van der Waals surface area contributed by atoms with Crippen molar-refractivity contribution in [1.29, 1.82) is 0 Å². The van der Waals surface area contributed by atoms with E-state index >= 15 is 0 Å². The van der Waals surface area contributed by atoms with E-state index in [2.05, 4.69) is 53.4 Å². The standard InChI is InChI=1S/C17H26N4/c1-3-20(4-2)17-9-7-16(8-10-17)15-18-11-5-13-21-14-6-12-19-21/h6-10,12,14,18H,3-5,11,13,15H2,1-2H3. The van der Waals surface area contributed by atoms with Crippen molar-refractivity contribution in [2.45, 2.75) is 33.4 Å². The quantitative estimate of drug-likeness (QED) is 0.720. The first kappa shape index (κ1) is 15.6. The van der Waals surface area contributed by atoms with E-state index in [4.69, 9.17) is 0 Å². The zero-order valence-corrected chi connectivity index (χ0v) is 13.1. The fourth-order valence-electron chi connectivity index (χ4n) is 2.44. The summed E-state index contributed by atoms with van der Waals surface area (Å²) in [5.74, 6) is 0. The van der Waals surface area contributed by atoms with Crippen molar-refractivity contribution in [2.24, 2.45) is 0 Å². The summed E-state index contributed by atoms with van der Waals surface area (Å²) in [6, 6.07) is 10.8. The third-order valence-corrected chi connectivity index (χ3v) is 3.69. The van der Waals surface area contributed by atoms with Gasteiger partial charge in [-0.1, -0.05) is 12.1 Å². The molecule has 0 spiro atoms. The second-order valence-corrected chi connectivity index (χ2v) is 5.14. The molecular weight excluding hydrogens is 260 g/mol. The number of hydrogen-bond acceptors (Lipinski definition) is 3. The lowest BCUT2D eigenvalue weighted by Gasteiger charge is -2.21. The van der Waals surface area contributed by atoms with Crippen molar-refractivity contribution in [3.8, 4) is 0 Å². The fourth-order valence-corrected chi connectivity index (χ4v) is 2.44. The van der Waals surface area contributed by atoms with Gasteiger partial charge in [0.25, 0.3) is 0 Å². The molecule has 2 rings (SSSR count). The van der Waals surface area contributed by atoms with Gasteiger partial charge in [0.2, 0.25) is 0 Å². The Morgan fingerprint density at radius 3 is 2.52 bits per heavy atom. The number of nitrogens with zero attached hydrogens (tertiary/aromatic N) is 3. The van der Waals surface area contributed by atoms with Gasteiger partial charge in [0.05, 0.1) is 0 Å². The summed E-state index contributed by atoms with van der Waals surface area (Å²) in [6.45, 7) is 9.41. The Kier molecular flexibility index (Phi) is 6.28. The number of nitrogens with one attached hydrogen (secondary N) is 1. The molecule has 4 heteroatoms. The molecule has 4 nitrogen and oxygen atoms in total. The van der Waals surface area contributed by atoms with Gasteiger partial charge < -0.3 is 10.2 Å². The first-order valence-electron chi connectivity index (χ1n) is 7.85. The average molecular weight is 286 g/mol. The number of benzene rings is 1. The molecule has 0 aliphatic rings. The van der Waals surface area contributed by atoms with Crippen LogP contribution >= 0.6 is 0 Å². The van der Waals surface area contributed by atoms with Crippen LogP contribution in [-0.2, 0) is 13.1 Å². The van der Waals surface area contributed by atoms with Gasteiger partial charge in [-0.15, -0.1) is 0 Å². The molecule has 0 saturated carbocycles. The van der Waals surface area contributed by atoms with E-state index in [0.29, 0.717) is 0 Å².